The van der Waals surface area contributed by atoms with Gasteiger partial charge in [0.05, 0.1) is 25.4 Å². The molecular weight excluding hydrogens is 1230 g/mol. The van der Waals surface area contributed by atoms with Gasteiger partial charge in [-0.15, -0.1) is 0 Å². The number of benzene rings is 6. The Hall–Kier alpha value is -9.15. The number of aliphatic hydroxyl groups is 2. The van der Waals surface area contributed by atoms with Gasteiger partial charge in [0.1, 0.15) is 0 Å². The van der Waals surface area contributed by atoms with E-state index in [1.165, 1.54) is 38.9 Å². The molecular formula is C75H87N9O11Si. The van der Waals surface area contributed by atoms with Gasteiger partial charge in [-0.2, -0.15) is 9.97 Å². The fraction of sp³-hybridized carbons (Fsp3) is 0.400. The van der Waals surface area contributed by atoms with Crippen molar-refractivity contribution in [2.24, 2.45) is 10.9 Å². The van der Waals surface area contributed by atoms with Crippen molar-refractivity contribution in [2.75, 3.05) is 59.1 Å². The molecule has 0 saturated carbocycles. The Morgan fingerprint density at radius 3 is 1.36 bits per heavy atom. The summed E-state index contributed by atoms with van der Waals surface area (Å²) in [6, 6.07) is 41.1. The summed E-state index contributed by atoms with van der Waals surface area (Å²) in [5.74, 6) is 1.90. The third-order valence-corrected chi connectivity index (χ3v) is 25.3. The Balaban J connectivity index is 0.000000136. The first-order chi connectivity index (χ1) is 45.9. The summed E-state index contributed by atoms with van der Waals surface area (Å²) >= 11 is 0. The van der Waals surface area contributed by atoms with Crippen molar-refractivity contribution < 1.29 is 53.2 Å². The summed E-state index contributed by atoms with van der Waals surface area (Å²) in [5, 5.41) is 47.9. The predicted octanol–water partition coefficient (Wildman–Crippen LogP) is 11.2. The molecule has 3 saturated heterocycles. The lowest BCUT2D eigenvalue weighted by Gasteiger charge is -2.36. The largest absolute Gasteiger partial charge is 0.478 e. The smallest absolute Gasteiger partial charge is 0.335 e. The summed E-state index contributed by atoms with van der Waals surface area (Å²) in [6.45, 7) is 21.3. The van der Waals surface area contributed by atoms with Crippen LogP contribution in [0.3, 0.4) is 0 Å². The molecule has 5 heterocycles. The standard InChI is InChI=1S/2C23H23N3O3.C21H33N3O3Si.C8H8O2/c2*1-15-5-7-16(8-6-15)22-24-21(25-29-22)18-3-2-4-19-17(18)9-10-23(19)13-20(28)26(14-23)11-12-27;1-20(2,3)28(4,5)27-12-11-24-14-21(13-18(24)25)10-9-15-16(19(22)23-26)7-6-8-17(15)21;1-6-2-4-7(5-3-6)8(9)10/h2*2-8,27H,9-14H2,1H3;6-8,26H,9-14H2,1-5H3,(H2,22,23);2-5H,1H3,(H,9,10). The molecule has 3 unspecified atom stereocenters. The molecule has 3 aliphatic carbocycles. The number of carbonyl (C=O) groups is 4. The van der Waals surface area contributed by atoms with Crippen LogP contribution in [0.4, 0.5) is 0 Å². The Kier molecular flexibility index (Phi) is 19.8. The van der Waals surface area contributed by atoms with Crippen LogP contribution in [0.1, 0.15) is 125 Å². The highest BCUT2D eigenvalue weighted by Gasteiger charge is 2.51. The van der Waals surface area contributed by atoms with Crippen molar-refractivity contribution in [2.45, 2.75) is 134 Å². The molecule has 6 N–H and O–H groups in total. The summed E-state index contributed by atoms with van der Waals surface area (Å²) in [7, 11) is -1.81. The lowest BCUT2D eigenvalue weighted by Crippen LogP contribution is -2.43. The Morgan fingerprint density at radius 2 is 0.969 bits per heavy atom. The zero-order valence-corrected chi connectivity index (χ0v) is 57.2. The summed E-state index contributed by atoms with van der Waals surface area (Å²) in [4.78, 5) is 62.8. The number of amidine groups is 1. The van der Waals surface area contributed by atoms with Crippen molar-refractivity contribution in [1.82, 2.24) is 35.0 Å². The van der Waals surface area contributed by atoms with E-state index in [0.29, 0.717) is 87.6 Å². The number of fused-ring (bicyclic) bond motifs is 6. The molecule has 96 heavy (non-hydrogen) atoms. The summed E-state index contributed by atoms with van der Waals surface area (Å²) in [6.07, 6.45) is 6.94. The van der Waals surface area contributed by atoms with Crippen molar-refractivity contribution in [3.8, 4) is 45.7 Å². The summed E-state index contributed by atoms with van der Waals surface area (Å²) in [5.41, 5.74) is 20.8. The van der Waals surface area contributed by atoms with Crippen LogP contribution in [-0.2, 0) is 54.3 Å². The number of nitrogens with zero attached hydrogens (tertiary/aromatic N) is 8. The monoisotopic (exact) mass is 1320 g/mol. The number of oxime groups is 1. The first-order valence-electron chi connectivity index (χ1n) is 33.1. The number of carboxylic acids is 1. The lowest BCUT2D eigenvalue weighted by molar-refractivity contribution is -0.128. The quantitative estimate of drug-likeness (QED) is 0.0222. The highest BCUT2D eigenvalue weighted by atomic mass is 28.4. The molecule has 0 bridgehead atoms. The van der Waals surface area contributed by atoms with Crippen molar-refractivity contribution in [3.05, 3.63) is 189 Å². The van der Waals surface area contributed by atoms with Crippen LogP contribution in [0.5, 0.6) is 0 Å². The van der Waals surface area contributed by atoms with Gasteiger partial charge in [0.2, 0.25) is 29.4 Å². The van der Waals surface area contributed by atoms with Gasteiger partial charge < -0.3 is 54.4 Å². The zero-order valence-electron chi connectivity index (χ0n) is 56.2. The second kappa shape index (κ2) is 27.9. The topological polar surface area (TPSA) is 284 Å². The second-order valence-electron chi connectivity index (χ2n) is 28.1. The third-order valence-electron chi connectivity index (χ3n) is 20.8. The number of β-amino-alcohol motifs (C(OH)–C–C–N with tert-alkyl or cyclic N) is 2. The highest BCUT2D eigenvalue weighted by Crippen LogP contribution is 2.51. The Bertz CT molecular complexity index is 4030. The van der Waals surface area contributed by atoms with Crippen LogP contribution in [0.25, 0.3) is 45.7 Å². The van der Waals surface area contributed by atoms with E-state index in [2.05, 4.69) is 77.5 Å². The first-order valence-corrected chi connectivity index (χ1v) is 36.0. The third kappa shape index (κ3) is 13.9. The molecule has 502 valence electrons. The van der Waals surface area contributed by atoms with E-state index in [9.17, 15) is 29.4 Å². The molecule has 2 aromatic heterocycles. The molecule has 14 rings (SSSR count). The maximum atomic E-state index is 12.8. The van der Waals surface area contributed by atoms with Gasteiger partial charge in [-0.3, -0.25) is 14.4 Å². The van der Waals surface area contributed by atoms with E-state index in [-0.39, 0.29) is 58.1 Å². The number of nitrogens with two attached hydrogens (primary N) is 1. The van der Waals surface area contributed by atoms with E-state index in [1.807, 2.05) is 111 Å². The van der Waals surface area contributed by atoms with Crippen molar-refractivity contribution in [3.63, 3.8) is 0 Å². The maximum Gasteiger partial charge on any atom is 0.335 e. The van der Waals surface area contributed by atoms with Crippen LogP contribution in [0.2, 0.25) is 18.1 Å². The first kappa shape index (κ1) is 68.2. The lowest BCUT2D eigenvalue weighted by atomic mass is 9.80. The number of likely N-dealkylation sites (tertiary alicyclic amines) is 3. The molecule has 21 heteroatoms. The minimum Gasteiger partial charge on any atom is -0.478 e. The van der Waals surface area contributed by atoms with Crippen molar-refractivity contribution in [1.29, 1.82) is 0 Å². The number of carboxylic acid groups (broad SMARTS) is 1. The number of aryl methyl sites for hydroxylation is 3. The van der Waals surface area contributed by atoms with Crippen LogP contribution in [-0.4, -0.2) is 152 Å². The van der Waals surface area contributed by atoms with E-state index in [0.717, 1.165) is 84.0 Å². The number of carbonyl (C=O) groups excluding carboxylic acids is 3. The summed E-state index contributed by atoms with van der Waals surface area (Å²) < 4.78 is 17.3. The predicted molar refractivity (Wildman–Crippen MR) is 368 cm³/mol. The Labute approximate surface area is 561 Å². The molecule has 0 radical (unpaired) electrons. The maximum absolute atomic E-state index is 12.8. The number of aromatic nitrogens is 4. The fourth-order valence-corrected chi connectivity index (χ4v) is 15.5. The normalized spacial score (nSPS) is 20.1. The van der Waals surface area contributed by atoms with Gasteiger partial charge in [-0.25, -0.2) is 4.79 Å². The number of rotatable bonds is 14. The minimum absolute atomic E-state index is 0.000631. The number of hydrogen-bond donors (Lipinski definition) is 5. The number of aliphatic hydroxyl groups excluding tert-OH is 2. The van der Waals surface area contributed by atoms with Gasteiger partial charge in [0, 0.05) is 103 Å². The fourth-order valence-electron chi connectivity index (χ4n) is 14.5. The zero-order chi connectivity index (χ0) is 68.3. The van der Waals surface area contributed by atoms with Gasteiger partial charge in [-0.1, -0.05) is 144 Å². The molecule has 8 aromatic rings. The highest BCUT2D eigenvalue weighted by molar-refractivity contribution is 6.74. The number of amides is 3. The van der Waals surface area contributed by atoms with E-state index in [4.69, 9.17) is 29.5 Å². The van der Waals surface area contributed by atoms with E-state index < -0.39 is 14.3 Å². The molecule has 6 aromatic carbocycles. The number of hydrogen-bond acceptors (Lipinski definition) is 15. The SMILES string of the molecule is CC(C)(C)[Si](C)(C)OCCN1CC2(CCc3c(C(N)=NO)cccc32)CC1=O.Cc1ccc(-c2nc(-c3cccc4c3CCC43CC(=O)N(CCO)C3)no2)cc1.Cc1ccc(-c2nc(-c3cccc4c3CCC43CC(=O)N(CCO)C3)no2)cc1.Cc1ccc(C(=O)O)cc1. The van der Waals surface area contributed by atoms with Gasteiger partial charge in [0.15, 0.2) is 14.2 Å². The Morgan fingerprint density at radius 1 is 0.583 bits per heavy atom. The second-order valence-corrected chi connectivity index (χ2v) is 32.9. The van der Waals surface area contributed by atoms with E-state index >= 15 is 0 Å². The van der Waals surface area contributed by atoms with Crippen LogP contribution >= 0.6 is 0 Å². The van der Waals surface area contributed by atoms with Gasteiger partial charge in [-0.05, 0) is 147 Å². The molecule has 3 fully saturated rings. The molecule has 6 aliphatic rings. The van der Waals surface area contributed by atoms with Gasteiger partial charge >= 0.3 is 5.97 Å². The molecule has 3 atom stereocenters. The van der Waals surface area contributed by atoms with Crippen LogP contribution in [0, 0.1) is 20.8 Å². The average molecular weight is 1320 g/mol. The molecule has 3 aliphatic heterocycles. The molecule has 20 nitrogen and oxygen atoms in total. The molecule has 3 spiro atoms. The average Bonchev–Trinajstić information content (AvgIpc) is 1.60. The van der Waals surface area contributed by atoms with Crippen LogP contribution in [0.15, 0.2) is 142 Å². The van der Waals surface area contributed by atoms with E-state index in [1.54, 1.807) is 34.1 Å². The van der Waals surface area contributed by atoms with Crippen LogP contribution < -0.4 is 5.73 Å². The van der Waals surface area contributed by atoms with Gasteiger partial charge in [0.25, 0.3) is 11.8 Å². The van der Waals surface area contributed by atoms with Crippen molar-refractivity contribution >= 4 is 37.8 Å². The number of aromatic carboxylic acids is 1. The molecule has 3 amide bonds. The minimum atomic E-state index is -1.81.